The maximum atomic E-state index is 13.2. The van der Waals surface area contributed by atoms with Crippen molar-refractivity contribution in [1.82, 2.24) is 0 Å². The first-order chi connectivity index (χ1) is 7.50. The van der Waals surface area contributed by atoms with Gasteiger partial charge < -0.3 is 0 Å². The molecule has 0 N–H and O–H groups in total. The predicted molar refractivity (Wildman–Crippen MR) is 66.2 cm³/mol. The van der Waals surface area contributed by atoms with Crippen molar-refractivity contribution in [1.29, 1.82) is 0 Å². The third-order valence-corrected chi connectivity index (χ3v) is 2.83. The maximum absolute atomic E-state index is 13.2. The molecule has 16 heavy (non-hydrogen) atoms. The topological polar surface area (TPSA) is 17.1 Å². The summed E-state index contributed by atoms with van der Waals surface area (Å²) in [5.74, 6) is 5.57. The first-order valence-electron chi connectivity index (χ1n) is 4.58. The van der Waals surface area contributed by atoms with Gasteiger partial charge in [0.15, 0.2) is 5.12 Å². The Hall–Kier alpha value is -0.980. The summed E-state index contributed by atoms with van der Waals surface area (Å²) in [7, 11) is 0. The molecule has 0 aliphatic rings. The Morgan fingerprint density at radius 3 is 2.88 bits per heavy atom. The minimum absolute atomic E-state index is 0.00971. The summed E-state index contributed by atoms with van der Waals surface area (Å²) in [6, 6.07) is 2.85. The fraction of sp³-hybridized carbons (Fsp3) is 0.250. The Balaban J connectivity index is 2.81. The van der Waals surface area contributed by atoms with Crippen LogP contribution in [0.5, 0.6) is 0 Å². The monoisotopic (exact) mass is 256 g/mol. The van der Waals surface area contributed by atoms with Gasteiger partial charge in [0.1, 0.15) is 5.82 Å². The van der Waals surface area contributed by atoms with Crippen LogP contribution in [0.25, 0.3) is 0 Å². The summed E-state index contributed by atoms with van der Waals surface area (Å²) >= 11 is 7.01. The van der Waals surface area contributed by atoms with Crippen LogP contribution in [-0.2, 0) is 4.79 Å². The molecule has 1 nitrogen and oxygen atoms in total. The van der Waals surface area contributed by atoms with E-state index in [2.05, 4.69) is 11.8 Å². The number of hydrogen-bond donors (Lipinski definition) is 0. The van der Waals surface area contributed by atoms with Crippen molar-refractivity contribution >= 4 is 28.5 Å². The van der Waals surface area contributed by atoms with Gasteiger partial charge in [-0.05, 0) is 24.6 Å². The predicted octanol–water partition coefficient (Wildman–Crippen LogP) is 3.42. The van der Waals surface area contributed by atoms with E-state index in [0.29, 0.717) is 21.9 Å². The van der Waals surface area contributed by atoms with Gasteiger partial charge in [-0.2, -0.15) is 0 Å². The van der Waals surface area contributed by atoms with Crippen LogP contribution in [-0.4, -0.2) is 10.9 Å². The highest BCUT2D eigenvalue weighted by Crippen LogP contribution is 2.19. The summed E-state index contributed by atoms with van der Waals surface area (Å²) in [6.07, 6.45) is 0. The summed E-state index contributed by atoms with van der Waals surface area (Å²) < 4.78 is 13.2. The summed E-state index contributed by atoms with van der Waals surface area (Å²) in [6.45, 7) is 3.12. The molecule has 0 heterocycles. The number of carbonyl (C=O) groups is 1. The smallest absolute Gasteiger partial charge is 0.186 e. The van der Waals surface area contributed by atoms with E-state index >= 15 is 0 Å². The molecule has 0 unspecified atom stereocenters. The van der Waals surface area contributed by atoms with Gasteiger partial charge in [-0.1, -0.05) is 35.2 Å². The normalized spacial score (nSPS) is 9.50. The number of carbonyl (C=O) groups excluding carboxylic acids is 1. The molecular formula is C12H10ClFOS. The third-order valence-electron chi connectivity index (χ3n) is 1.82. The molecule has 0 atom stereocenters. The van der Waals surface area contributed by atoms with Crippen LogP contribution < -0.4 is 0 Å². The number of hydrogen-bond acceptors (Lipinski definition) is 2. The maximum Gasteiger partial charge on any atom is 0.186 e. The lowest BCUT2D eigenvalue weighted by atomic mass is 10.1. The molecule has 1 rings (SSSR count). The molecule has 0 fully saturated rings. The SMILES string of the molecule is CC(=O)SCC#Cc1cc(F)c(C)cc1Cl. The van der Waals surface area contributed by atoms with Crippen LogP contribution in [0, 0.1) is 24.6 Å². The fourth-order valence-corrected chi connectivity index (χ4v) is 1.62. The minimum Gasteiger partial charge on any atom is -0.288 e. The summed E-state index contributed by atoms with van der Waals surface area (Å²) in [5, 5.41) is 0.440. The van der Waals surface area contributed by atoms with E-state index < -0.39 is 0 Å². The Labute approximate surface area is 103 Å². The van der Waals surface area contributed by atoms with Gasteiger partial charge in [0.2, 0.25) is 0 Å². The average Bonchev–Trinajstić information content (AvgIpc) is 2.19. The molecule has 0 bridgehead atoms. The molecule has 1 aromatic rings. The van der Waals surface area contributed by atoms with Crippen molar-refractivity contribution in [3.05, 3.63) is 34.1 Å². The third kappa shape index (κ3) is 3.88. The zero-order chi connectivity index (χ0) is 12.1. The summed E-state index contributed by atoms with van der Waals surface area (Å²) in [5.41, 5.74) is 0.947. The first kappa shape index (κ1) is 13.1. The number of thioether (sulfide) groups is 1. The lowest BCUT2D eigenvalue weighted by Gasteiger charge is -1.99. The quantitative estimate of drug-likeness (QED) is 0.717. The highest BCUT2D eigenvalue weighted by Gasteiger charge is 2.03. The van der Waals surface area contributed by atoms with E-state index in [1.165, 1.54) is 13.0 Å². The van der Waals surface area contributed by atoms with E-state index in [1.54, 1.807) is 13.0 Å². The molecular weight excluding hydrogens is 247 g/mol. The van der Waals surface area contributed by atoms with Crippen molar-refractivity contribution in [2.45, 2.75) is 13.8 Å². The fourth-order valence-electron chi connectivity index (χ4n) is 1.01. The molecule has 4 heteroatoms. The van der Waals surface area contributed by atoms with Gasteiger partial charge in [0.05, 0.1) is 10.8 Å². The Morgan fingerprint density at radius 1 is 1.56 bits per heavy atom. The summed E-state index contributed by atoms with van der Waals surface area (Å²) in [4.78, 5) is 10.6. The van der Waals surface area contributed by atoms with Crippen molar-refractivity contribution in [3.8, 4) is 11.8 Å². The van der Waals surface area contributed by atoms with Crippen LogP contribution >= 0.6 is 23.4 Å². The second-order valence-electron chi connectivity index (χ2n) is 3.16. The Bertz CT molecular complexity index is 474. The Morgan fingerprint density at radius 2 is 2.25 bits per heavy atom. The number of halogens is 2. The van der Waals surface area contributed by atoms with Crippen LogP contribution in [0.15, 0.2) is 12.1 Å². The number of aryl methyl sites for hydroxylation is 1. The van der Waals surface area contributed by atoms with E-state index in [-0.39, 0.29) is 10.9 Å². The molecule has 0 spiro atoms. The minimum atomic E-state index is -0.326. The molecule has 0 aliphatic heterocycles. The molecule has 0 radical (unpaired) electrons. The van der Waals surface area contributed by atoms with Crippen molar-refractivity contribution in [2.24, 2.45) is 0 Å². The van der Waals surface area contributed by atoms with Gasteiger partial charge in [-0.3, -0.25) is 4.79 Å². The van der Waals surface area contributed by atoms with Crippen molar-refractivity contribution < 1.29 is 9.18 Å². The lowest BCUT2D eigenvalue weighted by Crippen LogP contribution is -1.87. The van der Waals surface area contributed by atoms with Gasteiger partial charge in [-0.25, -0.2) is 4.39 Å². The molecule has 84 valence electrons. The van der Waals surface area contributed by atoms with Crippen LogP contribution in [0.4, 0.5) is 4.39 Å². The van der Waals surface area contributed by atoms with Crippen LogP contribution in [0.2, 0.25) is 5.02 Å². The van der Waals surface area contributed by atoms with Crippen LogP contribution in [0.1, 0.15) is 18.1 Å². The number of benzene rings is 1. The molecule has 0 amide bonds. The van der Waals surface area contributed by atoms with E-state index in [4.69, 9.17) is 11.6 Å². The van der Waals surface area contributed by atoms with Gasteiger partial charge in [0, 0.05) is 12.5 Å². The largest absolute Gasteiger partial charge is 0.288 e. The van der Waals surface area contributed by atoms with Crippen LogP contribution in [0.3, 0.4) is 0 Å². The van der Waals surface area contributed by atoms with E-state index in [1.807, 2.05) is 0 Å². The van der Waals surface area contributed by atoms with Crippen molar-refractivity contribution in [2.75, 3.05) is 5.75 Å². The lowest BCUT2D eigenvalue weighted by molar-refractivity contribution is -0.109. The highest BCUT2D eigenvalue weighted by atomic mass is 35.5. The van der Waals surface area contributed by atoms with Crippen molar-refractivity contribution in [3.63, 3.8) is 0 Å². The zero-order valence-electron chi connectivity index (χ0n) is 8.93. The van der Waals surface area contributed by atoms with E-state index in [0.717, 1.165) is 11.8 Å². The standard InChI is InChI=1S/C12H10ClFOS/c1-8-6-11(13)10(7-12(8)14)4-3-5-16-9(2)15/h6-7H,5H2,1-2H3. The van der Waals surface area contributed by atoms with Gasteiger partial charge in [-0.15, -0.1) is 0 Å². The second kappa shape index (κ2) is 5.93. The zero-order valence-corrected chi connectivity index (χ0v) is 10.5. The number of rotatable bonds is 1. The van der Waals surface area contributed by atoms with Gasteiger partial charge in [0.25, 0.3) is 0 Å². The molecule has 0 aliphatic carbocycles. The highest BCUT2D eigenvalue weighted by molar-refractivity contribution is 8.13. The van der Waals surface area contributed by atoms with Gasteiger partial charge >= 0.3 is 0 Å². The Kier molecular flexibility index (Phi) is 4.85. The molecule has 0 saturated heterocycles. The first-order valence-corrected chi connectivity index (χ1v) is 5.95. The average molecular weight is 257 g/mol. The molecule has 0 saturated carbocycles. The van der Waals surface area contributed by atoms with E-state index in [9.17, 15) is 9.18 Å². The second-order valence-corrected chi connectivity index (χ2v) is 4.72. The molecule has 1 aromatic carbocycles. The molecule has 0 aromatic heterocycles.